The first-order valence-corrected chi connectivity index (χ1v) is 8.59. The Hall–Kier alpha value is -2.56. The van der Waals surface area contributed by atoms with Crippen LogP contribution >= 0.6 is 0 Å². The first-order valence-electron chi connectivity index (χ1n) is 8.59. The molecule has 0 spiro atoms. The molecule has 1 saturated carbocycles. The second-order valence-corrected chi connectivity index (χ2v) is 6.37. The lowest BCUT2D eigenvalue weighted by atomic mass is 9.95. The Morgan fingerprint density at radius 3 is 2.88 bits per heavy atom. The van der Waals surface area contributed by atoms with Gasteiger partial charge in [0, 0.05) is 17.8 Å². The summed E-state index contributed by atoms with van der Waals surface area (Å²) in [6.07, 6.45) is 8.19. The minimum Gasteiger partial charge on any atom is -0.497 e. The average molecular weight is 322 g/mol. The van der Waals surface area contributed by atoms with Gasteiger partial charge in [-0.05, 0) is 31.0 Å². The van der Waals surface area contributed by atoms with E-state index < -0.39 is 0 Å². The third kappa shape index (κ3) is 2.82. The highest BCUT2D eigenvalue weighted by molar-refractivity contribution is 6.00. The van der Waals surface area contributed by atoms with Gasteiger partial charge in [-0.25, -0.2) is 4.98 Å². The molecule has 0 saturated heterocycles. The smallest absolute Gasteiger partial charge is 0.137 e. The number of hydrogen-bond donors (Lipinski definition) is 2. The van der Waals surface area contributed by atoms with E-state index in [1.54, 1.807) is 7.11 Å². The number of fused-ring (bicyclic) bond motifs is 1. The monoisotopic (exact) mass is 322 g/mol. The van der Waals surface area contributed by atoms with Gasteiger partial charge >= 0.3 is 0 Å². The summed E-state index contributed by atoms with van der Waals surface area (Å²) in [4.78, 5) is 4.60. The third-order valence-corrected chi connectivity index (χ3v) is 4.77. The highest BCUT2D eigenvalue weighted by atomic mass is 16.5. The molecule has 2 heterocycles. The summed E-state index contributed by atoms with van der Waals surface area (Å²) >= 11 is 0. The number of pyridine rings is 1. The number of anilines is 1. The van der Waals surface area contributed by atoms with Gasteiger partial charge in [-0.1, -0.05) is 31.4 Å². The molecule has 1 aliphatic carbocycles. The van der Waals surface area contributed by atoms with Crippen molar-refractivity contribution in [2.75, 3.05) is 12.4 Å². The number of aromatic nitrogens is 3. The molecule has 3 aromatic rings. The van der Waals surface area contributed by atoms with E-state index in [1.165, 1.54) is 32.1 Å². The third-order valence-electron chi connectivity index (χ3n) is 4.77. The zero-order valence-electron chi connectivity index (χ0n) is 13.9. The lowest BCUT2D eigenvalue weighted by molar-refractivity contribution is 0.415. The number of ether oxygens (including phenoxy) is 1. The fourth-order valence-corrected chi connectivity index (χ4v) is 3.50. The first-order chi connectivity index (χ1) is 11.8. The molecule has 5 nitrogen and oxygen atoms in total. The second kappa shape index (κ2) is 6.51. The van der Waals surface area contributed by atoms with Crippen LogP contribution in [0, 0.1) is 0 Å². The van der Waals surface area contributed by atoms with E-state index in [2.05, 4.69) is 26.6 Å². The molecule has 0 atom stereocenters. The topological polar surface area (TPSA) is 62.8 Å². The predicted molar refractivity (Wildman–Crippen MR) is 96.4 cm³/mol. The molecule has 5 heteroatoms. The van der Waals surface area contributed by atoms with Crippen molar-refractivity contribution in [3.63, 3.8) is 0 Å². The van der Waals surface area contributed by atoms with Crippen molar-refractivity contribution in [1.82, 2.24) is 15.2 Å². The molecule has 0 aliphatic heterocycles. The van der Waals surface area contributed by atoms with Crippen LogP contribution in [0.3, 0.4) is 0 Å². The van der Waals surface area contributed by atoms with Crippen LogP contribution in [-0.2, 0) is 0 Å². The fraction of sp³-hybridized carbons (Fsp3) is 0.368. The maximum atomic E-state index is 5.35. The number of methoxy groups -OCH3 is 1. The standard InChI is InChI=1S/C19H22N4O/c1-24-15-9-5-6-13(12-15)18-17-16(22-23-18)10-11-20-19(17)21-14-7-3-2-4-8-14/h5-6,9-12,14H,2-4,7-8H2,1H3,(H,20,21)(H,22,23). The van der Waals surface area contributed by atoms with Crippen molar-refractivity contribution in [1.29, 1.82) is 0 Å². The van der Waals surface area contributed by atoms with E-state index in [0.29, 0.717) is 6.04 Å². The molecule has 4 rings (SSSR count). The minimum absolute atomic E-state index is 0.505. The summed E-state index contributed by atoms with van der Waals surface area (Å²) in [5.41, 5.74) is 2.94. The first kappa shape index (κ1) is 15.0. The maximum Gasteiger partial charge on any atom is 0.137 e. The van der Waals surface area contributed by atoms with Gasteiger partial charge < -0.3 is 10.1 Å². The van der Waals surface area contributed by atoms with E-state index in [0.717, 1.165) is 33.7 Å². The van der Waals surface area contributed by atoms with E-state index in [9.17, 15) is 0 Å². The van der Waals surface area contributed by atoms with Crippen LogP contribution < -0.4 is 10.1 Å². The maximum absolute atomic E-state index is 5.35. The molecule has 2 N–H and O–H groups in total. The Balaban J connectivity index is 1.76. The lowest BCUT2D eigenvalue weighted by Gasteiger charge is -2.23. The van der Waals surface area contributed by atoms with Crippen LogP contribution in [0.15, 0.2) is 36.5 Å². The summed E-state index contributed by atoms with van der Waals surface area (Å²) < 4.78 is 5.35. The molecule has 0 unspecified atom stereocenters. The Labute approximate surface area is 141 Å². The molecule has 0 radical (unpaired) electrons. The lowest BCUT2D eigenvalue weighted by Crippen LogP contribution is -2.22. The zero-order chi connectivity index (χ0) is 16.4. The van der Waals surface area contributed by atoms with E-state index in [-0.39, 0.29) is 0 Å². The van der Waals surface area contributed by atoms with Crippen LogP contribution in [0.1, 0.15) is 32.1 Å². The molecular formula is C19H22N4O. The predicted octanol–water partition coefficient (Wildman–Crippen LogP) is 4.38. The normalized spacial score (nSPS) is 15.5. The Kier molecular flexibility index (Phi) is 4.07. The number of rotatable bonds is 4. The number of hydrogen-bond acceptors (Lipinski definition) is 4. The van der Waals surface area contributed by atoms with Crippen LogP contribution in [0.5, 0.6) is 5.75 Å². The molecule has 1 fully saturated rings. The van der Waals surface area contributed by atoms with Gasteiger partial charge in [0.25, 0.3) is 0 Å². The van der Waals surface area contributed by atoms with Crippen molar-refractivity contribution < 1.29 is 4.74 Å². The Morgan fingerprint density at radius 1 is 1.17 bits per heavy atom. The average Bonchev–Trinajstić information content (AvgIpc) is 3.08. The molecule has 0 amide bonds. The fourth-order valence-electron chi connectivity index (χ4n) is 3.50. The SMILES string of the molecule is COc1cccc(-c2n[nH]c3ccnc(NC4CCCCC4)c23)c1. The van der Waals surface area contributed by atoms with Crippen molar-refractivity contribution in [2.45, 2.75) is 38.1 Å². The van der Waals surface area contributed by atoms with Crippen LogP contribution in [0.25, 0.3) is 22.2 Å². The highest BCUT2D eigenvalue weighted by Crippen LogP contribution is 2.33. The van der Waals surface area contributed by atoms with E-state index in [1.807, 2.05) is 30.5 Å². The van der Waals surface area contributed by atoms with E-state index >= 15 is 0 Å². The largest absolute Gasteiger partial charge is 0.497 e. The number of benzene rings is 1. The number of aromatic amines is 1. The summed E-state index contributed by atoms with van der Waals surface area (Å²) in [6.45, 7) is 0. The van der Waals surface area contributed by atoms with E-state index in [4.69, 9.17) is 4.74 Å². The van der Waals surface area contributed by atoms with Gasteiger partial charge in [0.05, 0.1) is 18.0 Å². The molecule has 1 aliphatic rings. The second-order valence-electron chi connectivity index (χ2n) is 6.37. The summed E-state index contributed by atoms with van der Waals surface area (Å²) in [5.74, 6) is 1.75. The number of H-pyrrole nitrogens is 1. The molecule has 0 bridgehead atoms. The molecular weight excluding hydrogens is 300 g/mol. The van der Waals surface area contributed by atoms with Crippen molar-refractivity contribution >= 4 is 16.7 Å². The van der Waals surface area contributed by atoms with Crippen LogP contribution in [0.2, 0.25) is 0 Å². The number of nitrogens with one attached hydrogen (secondary N) is 2. The zero-order valence-corrected chi connectivity index (χ0v) is 13.9. The Morgan fingerprint density at radius 2 is 2.04 bits per heavy atom. The van der Waals surface area contributed by atoms with Crippen LogP contribution in [0.4, 0.5) is 5.82 Å². The van der Waals surface area contributed by atoms with Crippen molar-refractivity contribution in [2.24, 2.45) is 0 Å². The highest BCUT2D eigenvalue weighted by Gasteiger charge is 2.18. The van der Waals surface area contributed by atoms with Crippen molar-refractivity contribution in [3.05, 3.63) is 36.5 Å². The molecule has 2 aromatic heterocycles. The van der Waals surface area contributed by atoms with Gasteiger partial charge in [0.2, 0.25) is 0 Å². The molecule has 24 heavy (non-hydrogen) atoms. The summed E-state index contributed by atoms with van der Waals surface area (Å²) in [5, 5.41) is 12.4. The quantitative estimate of drug-likeness (QED) is 0.748. The minimum atomic E-state index is 0.505. The van der Waals surface area contributed by atoms with Gasteiger partial charge in [-0.15, -0.1) is 0 Å². The van der Waals surface area contributed by atoms with Gasteiger partial charge in [-0.2, -0.15) is 5.10 Å². The molecule has 124 valence electrons. The Bertz CT molecular complexity index is 836. The summed E-state index contributed by atoms with van der Waals surface area (Å²) in [6, 6.07) is 10.5. The van der Waals surface area contributed by atoms with Gasteiger partial charge in [0.15, 0.2) is 0 Å². The summed E-state index contributed by atoms with van der Waals surface area (Å²) in [7, 11) is 1.68. The van der Waals surface area contributed by atoms with Gasteiger partial charge in [-0.3, -0.25) is 5.10 Å². The van der Waals surface area contributed by atoms with Gasteiger partial charge in [0.1, 0.15) is 17.3 Å². The number of nitrogens with zero attached hydrogens (tertiary/aromatic N) is 2. The molecule has 1 aromatic carbocycles. The van der Waals surface area contributed by atoms with Crippen molar-refractivity contribution in [3.8, 4) is 17.0 Å². The van der Waals surface area contributed by atoms with Crippen LogP contribution in [-0.4, -0.2) is 28.3 Å².